The van der Waals surface area contributed by atoms with Crippen LogP contribution in [0.1, 0.15) is 11.1 Å². The molecule has 0 heterocycles. The van der Waals surface area contributed by atoms with Crippen molar-refractivity contribution in [2.24, 2.45) is 0 Å². The van der Waals surface area contributed by atoms with Crippen LogP contribution in [0.4, 0.5) is 0 Å². The average molecular weight is 263 g/mol. The molecule has 0 aliphatic rings. The van der Waals surface area contributed by atoms with E-state index in [2.05, 4.69) is 15.9 Å². The molecule has 0 fully saturated rings. The number of halogens is 1. The first-order chi connectivity index (χ1) is 5.95. The molecule has 72 valence electrons. The zero-order valence-corrected chi connectivity index (χ0v) is 9.94. The maximum absolute atomic E-state index is 11.2. The Balaban J connectivity index is 3.26. The molecule has 1 aromatic carbocycles. The van der Waals surface area contributed by atoms with Crippen molar-refractivity contribution in [2.75, 3.05) is 6.26 Å². The molecule has 0 bridgehead atoms. The van der Waals surface area contributed by atoms with Gasteiger partial charge in [0.1, 0.15) is 0 Å². The highest BCUT2D eigenvalue weighted by atomic mass is 79.9. The molecule has 0 saturated carbocycles. The molecule has 0 N–H and O–H groups in total. The van der Waals surface area contributed by atoms with Crippen LogP contribution >= 0.6 is 15.9 Å². The lowest BCUT2D eigenvalue weighted by Crippen LogP contribution is -1.98. The fourth-order valence-electron chi connectivity index (χ4n) is 1.05. The van der Waals surface area contributed by atoms with Crippen molar-refractivity contribution >= 4 is 25.8 Å². The van der Waals surface area contributed by atoms with Crippen molar-refractivity contribution in [3.8, 4) is 0 Å². The third kappa shape index (κ3) is 2.54. The van der Waals surface area contributed by atoms with Gasteiger partial charge in [0.25, 0.3) is 0 Å². The largest absolute Gasteiger partial charge is 0.224 e. The summed E-state index contributed by atoms with van der Waals surface area (Å²) < 4.78 is 22.3. The molecule has 0 aromatic heterocycles. The van der Waals surface area contributed by atoms with Gasteiger partial charge in [0.05, 0.1) is 4.90 Å². The third-order valence-electron chi connectivity index (χ3n) is 1.89. The lowest BCUT2D eigenvalue weighted by molar-refractivity contribution is 0.602. The molecule has 0 unspecified atom stereocenters. The standard InChI is InChI=1S/C9H11BrO2S/c1-7-5-9(13(2,11)12)4-3-8(7)6-10/h3-5H,6H2,1-2H3. The molecule has 0 saturated heterocycles. The molecule has 1 rings (SSSR count). The van der Waals surface area contributed by atoms with Crippen LogP contribution in [0, 0.1) is 6.92 Å². The maximum Gasteiger partial charge on any atom is 0.175 e. The minimum absolute atomic E-state index is 0.384. The van der Waals surface area contributed by atoms with E-state index < -0.39 is 9.84 Å². The van der Waals surface area contributed by atoms with Crippen molar-refractivity contribution in [2.45, 2.75) is 17.1 Å². The fraction of sp³-hybridized carbons (Fsp3) is 0.333. The molecule has 13 heavy (non-hydrogen) atoms. The highest BCUT2D eigenvalue weighted by Crippen LogP contribution is 2.17. The Labute approximate surface area is 87.0 Å². The van der Waals surface area contributed by atoms with Crippen molar-refractivity contribution in [1.29, 1.82) is 0 Å². The molecular formula is C9H11BrO2S. The van der Waals surface area contributed by atoms with Gasteiger partial charge in [0.2, 0.25) is 0 Å². The van der Waals surface area contributed by atoms with Gasteiger partial charge in [-0.2, -0.15) is 0 Å². The second-order valence-electron chi connectivity index (χ2n) is 2.99. The Kier molecular flexibility index (Phi) is 3.14. The molecule has 4 heteroatoms. The van der Waals surface area contributed by atoms with E-state index in [1.165, 1.54) is 6.26 Å². The monoisotopic (exact) mass is 262 g/mol. The summed E-state index contributed by atoms with van der Waals surface area (Å²) >= 11 is 3.33. The van der Waals surface area contributed by atoms with E-state index in [9.17, 15) is 8.42 Å². The second kappa shape index (κ2) is 3.80. The zero-order chi connectivity index (χ0) is 10.1. The summed E-state index contributed by atoms with van der Waals surface area (Å²) in [6.45, 7) is 1.91. The number of aryl methyl sites for hydroxylation is 1. The SMILES string of the molecule is Cc1cc(S(C)(=O)=O)ccc1CBr. The van der Waals surface area contributed by atoms with E-state index in [4.69, 9.17) is 0 Å². The Bertz CT molecular complexity index is 410. The van der Waals surface area contributed by atoms with Gasteiger partial charge < -0.3 is 0 Å². The highest BCUT2D eigenvalue weighted by Gasteiger charge is 2.07. The second-order valence-corrected chi connectivity index (χ2v) is 5.57. The first kappa shape index (κ1) is 10.7. The normalized spacial score (nSPS) is 11.6. The minimum atomic E-state index is -3.07. The lowest BCUT2D eigenvalue weighted by atomic mass is 10.1. The summed E-state index contributed by atoms with van der Waals surface area (Å²) in [4.78, 5) is 0.384. The molecular weight excluding hydrogens is 252 g/mol. The topological polar surface area (TPSA) is 34.1 Å². The first-order valence-corrected chi connectivity index (χ1v) is 6.82. The molecule has 2 nitrogen and oxygen atoms in total. The van der Waals surface area contributed by atoms with Gasteiger partial charge in [0.15, 0.2) is 9.84 Å². The summed E-state index contributed by atoms with van der Waals surface area (Å²) in [7, 11) is -3.07. The number of hydrogen-bond acceptors (Lipinski definition) is 2. The summed E-state index contributed by atoms with van der Waals surface area (Å²) in [6, 6.07) is 5.17. The van der Waals surface area contributed by atoms with E-state index in [1.807, 2.05) is 13.0 Å². The number of sulfone groups is 1. The van der Waals surface area contributed by atoms with E-state index >= 15 is 0 Å². The van der Waals surface area contributed by atoms with Gasteiger partial charge in [-0.05, 0) is 30.2 Å². The van der Waals surface area contributed by atoms with Gasteiger partial charge in [-0.15, -0.1) is 0 Å². The van der Waals surface area contributed by atoms with Gasteiger partial charge in [0, 0.05) is 11.6 Å². The van der Waals surface area contributed by atoms with E-state index in [0.717, 1.165) is 16.5 Å². The quantitative estimate of drug-likeness (QED) is 0.767. The minimum Gasteiger partial charge on any atom is -0.224 e. The Morgan fingerprint density at radius 3 is 2.38 bits per heavy atom. The van der Waals surface area contributed by atoms with Gasteiger partial charge >= 0.3 is 0 Å². The molecule has 0 amide bonds. The van der Waals surface area contributed by atoms with Gasteiger partial charge in [-0.1, -0.05) is 22.0 Å². The van der Waals surface area contributed by atoms with E-state index in [0.29, 0.717) is 4.90 Å². The number of rotatable bonds is 2. The van der Waals surface area contributed by atoms with Crippen LogP contribution in [0.2, 0.25) is 0 Å². The van der Waals surface area contributed by atoms with Crippen LogP contribution in [-0.2, 0) is 15.2 Å². The molecule has 1 aromatic rings. The molecule has 0 spiro atoms. The van der Waals surface area contributed by atoms with Crippen molar-refractivity contribution in [1.82, 2.24) is 0 Å². The molecule has 0 aliphatic carbocycles. The van der Waals surface area contributed by atoms with Gasteiger partial charge in [-0.3, -0.25) is 0 Å². The van der Waals surface area contributed by atoms with Crippen LogP contribution in [0.3, 0.4) is 0 Å². The number of alkyl halides is 1. The Morgan fingerprint density at radius 1 is 1.38 bits per heavy atom. The van der Waals surface area contributed by atoms with E-state index in [-0.39, 0.29) is 0 Å². The fourth-order valence-corrected chi connectivity index (χ4v) is 2.38. The smallest absolute Gasteiger partial charge is 0.175 e. The van der Waals surface area contributed by atoms with Crippen LogP contribution in [0.25, 0.3) is 0 Å². The van der Waals surface area contributed by atoms with E-state index in [1.54, 1.807) is 12.1 Å². The number of hydrogen-bond donors (Lipinski definition) is 0. The molecule has 0 atom stereocenters. The maximum atomic E-state index is 11.2. The van der Waals surface area contributed by atoms with Crippen LogP contribution in [0.5, 0.6) is 0 Å². The van der Waals surface area contributed by atoms with Crippen molar-refractivity contribution in [3.63, 3.8) is 0 Å². The van der Waals surface area contributed by atoms with Crippen molar-refractivity contribution < 1.29 is 8.42 Å². The Hall–Kier alpha value is -0.350. The van der Waals surface area contributed by atoms with Gasteiger partial charge in [-0.25, -0.2) is 8.42 Å². The summed E-state index contributed by atoms with van der Waals surface area (Å²) in [6.07, 6.45) is 1.22. The summed E-state index contributed by atoms with van der Waals surface area (Å²) in [5, 5.41) is 0.753. The summed E-state index contributed by atoms with van der Waals surface area (Å²) in [5.41, 5.74) is 2.12. The highest BCUT2D eigenvalue weighted by molar-refractivity contribution is 9.08. The van der Waals surface area contributed by atoms with Crippen LogP contribution < -0.4 is 0 Å². The lowest BCUT2D eigenvalue weighted by Gasteiger charge is -2.04. The molecule has 0 radical (unpaired) electrons. The number of benzene rings is 1. The third-order valence-corrected chi connectivity index (χ3v) is 3.60. The Morgan fingerprint density at radius 2 is 2.00 bits per heavy atom. The van der Waals surface area contributed by atoms with Crippen molar-refractivity contribution in [3.05, 3.63) is 29.3 Å². The zero-order valence-electron chi connectivity index (χ0n) is 7.54. The van der Waals surface area contributed by atoms with Crippen LogP contribution in [0.15, 0.2) is 23.1 Å². The predicted molar refractivity (Wildman–Crippen MR) is 56.9 cm³/mol. The predicted octanol–water partition coefficient (Wildman–Crippen LogP) is 2.29. The van der Waals surface area contributed by atoms with Crippen LogP contribution in [-0.4, -0.2) is 14.7 Å². The average Bonchev–Trinajstić information content (AvgIpc) is 2.02. The first-order valence-electron chi connectivity index (χ1n) is 3.80. The molecule has 0 aliphatic heterocycles. The summed E-state index contributed by atoms with van der Waals surface area (Å²) in [5.74, 6) is 0.